The average molecular weight is 471 g/mol. The summed E-state index contributed by atoms with van der Waals surface area (Å²) < 4.78 is 68.8. The summed E-state index contributed by atoms with van der Waals surface area (Å²) in [6, 6.07) is 4.52. The van der Waals surface area contributed by atoms with Gasteiger partial charge in [-0.2, -0.15) is 17.5 Å². The Kier molecular flexibility index (Phi) is 6.30. The number of imidazole rings is 1. The van der Waals surface area contributed by atoms with Crippen molar-refractivity contribution < 1.29 is 26.4 Å². The minimum absolute atomic E-state index is 0.00169. The second-order valence-corrected chi connectivity index (χ2v) is 10.1. The maximum Gasteiger partial charge on any atom is 0.417 e. The van der Waals surface area contributed by atoms with Gasteiger partial charge >= 0.3 is 6.18 Å². The van der Waals surface area contributed by atoms with Gasteiger partial charge in [0, 0.05) is 50.5 Å². The maximum atomic E-state index is 13.3. The summed E-state index contributed by atoms with van der Waals surface area (Å²) in [5.74, 6) is -0.314. The molecule has 2 aliphatic heterocycles. The van der Waals surface area contributed by atoms with Gasteiger partial charge in [-0.15, -0.1) is 0 Å². The average Bonchev–Trinajstić information content (AvgIpc) is 3.33. The molecule has 0 saturated carbocycles. The van der Waals surface area contributed by atoms with Crippen molar-refractivity contribution in [2.45, 2.75) is 42.8 Å². The van der Waals surface area contributed by atoms with Crippen LogP contribution in [0.3, 0.4) is 0 Å². The first kappa shape index (κ1) is 22.8. The lowest BCUT2D eigenvalue weighted by atomic mass is 9.95. The standard InChI is InChI=1S/C21H25F3N4O3S/c22-21(23,24)18-3-1-2-4-19(18)32(30,31)28-12-5-16(6-13-28)20(29)26-10-7-17(8-11-26)27-14-9-25-15-27/h1-4,9,14-17H,5-8,10-13H2. The highest BCUT2D eigenvalue weighted by atomic mass is 32.2. The van der Waals surface area contributed by atoms with Crippen LogP contribution in [-0.2, 0) is 21.0 Å². The van der Waals surface area contributed by atoms with Crippen molar-refractivity contribution >= 4 is 15.9 Å². The van der Waals surface area contributed by atoms with Gasteiger partial charge in [0.2, 0.25) is 15.9 Å². The summed E-state index contributed by atoms with van der Waals surface area (Å²) in [5.41, 5.74) is -1.17. The molecule has 1 aromatic heterocycles. The van der Waals surface area contributed by atoms with E-state index in [1.807, 2.05) is 15.7 Å². The molecule has 2 fully saturated rings. The van der Waals surface area contributed by atoms with Crippen LogP contribution in [0.5, 0.6) is 0 Å². The predicted octanol–water partition coefficient (Wildman–Crippen LogP) is 3.17. The zero-order valence-electron chi connectivity index (χ0n) is 17.4. The molecule has 0 bridgehead atoms. The van der Waals surface area contributed by atoms with E-state index in [1.165, 1.54) is 12.1 Å². The molecule has 0 aliphatic carbocycles. The summed E-state index contributed by atoms with van der Waals surface area (Å²) in [6.07, 6.45) is 2.90. The number of amides is 1. The number of aromatic nitrogens is 2. The number of halogens is 3. The van der Waals surface area contributed by atoms with Crippen molar-refractivity contribution in [3.63, 3.8) is 0 Å². The Bertz CT molecular complexity index is 1040. The van der Waals surface area contributed by atoms with E-state index in [1.54, 1.807) is 12.5 Å². The molecule has 2 aromatic rings. The second-order valence-electron chi connectivity index (χ2n) is 8.24. The highest BCUT2D eigenvalue weighted by Crippen LogP contribution is 2.36. The number of rotatable bonds is 4. The van der Waals surface area contributed by atoms with Crippen LogP contribution in [0, 0.1) is 5.92 Å². The molecular weight excluding hydrogens is 445 g/mol. The lowest BCUT2D eigenvalue weighted by molar-refractivity contribution is -0.140. The third-order valence-electron chi connectivity index (χ3n) is 6.34. The molecule has 0 unspecified atom stereocenters. The molecule has 2 aliphatic rings. The molecule has 11 heteroatoms. The Morgan fingerprint density at radius 3 is 2.25 bits per heavy atom. The van der Waals surface area contributed by atoms with E-state index in [9.17, 15) is 26.4 Å². The van der Waals surface area contributed by atoms with Crippen LogP contribution in [0.1, 0.15) is 37.3 Å². The summed E-state index contributed by atoms with van der Waals surface area (Å²) in [6.45, 7) is 1.30. The van der Waals surface area contributed by atoms with Crippen LogP contribution in [0.15, 0.2) is 47.9 Å². The molecule has 7 nitrogen and oxygen atoms in total. The zero-order chi connectivity index (χ0) is 22.9. The van der Waals surface area contributed by atoms with Crippen molar-refractivity contribution in [2.75, 3.05) is 26.2 Å². The lowest BCUT2D eigenvalue weighted by Gasteiger charge is -2.37. The van der Waals surface area contributed by atoms with Gasteiger partial charge in [0.15, 0.2) is 0 Å². The van der Waals surface area contributed by atoms with Gasteiger partial charge in [-0.25, -0.2) is 13.4 Å². The number of alkyl halides is 3. The SMILES string of the molecule is O=C(C1CCN(S(=O)(=O)c2ccccc2C(F)(F)F)CC1)N1CCC(n2ccnc2)CC1. The predicted molar refractivity (Wildman–Crippen MR) is 110 cm³/mol. The quantitative estimate of drug-likeness (QED) is 0.688. The number of carbonyl (C=O) groups is 1. The number of benzene rings is 1. The number of piperidine rings is 2. The Hall–Kier alpha value is -2.40. The van der Waals surface area contributed by atoms with E-state index in [2.05, 4.69) is 4.98 Å². The van der Waals surface area contributed by atoms with Gasteiger partial charge in [0.1, 0.15) is 0 Å². The van der Waals surface area contributed by atoms with Crippen molar-refractivity contribution in [2.24, 2.45) is 5.92 Å². The number of sulfonamides is 1. The number of hydrogen-bond donors (Lipinski definition) is 0. The number of hydrogen-bond acceptors (Lipinski definition) is 4. The van der Waals surface area contributed by atoms with Crippen molar-refractivity contribution in [1.29, 1.82) is 0 Å². The molecule has 1 amide bonds. The molecule has 4 rings (SSSR count). The van der Waals surface area contributed by atoms with Gasteiger partial charge in [-0.1, -0.05) is 12.1 Å². The summed E-state index contributed by atoms with van der Waals surface area (Å²) in [5, 5.41) is 0. The van der Waals surface area contributed by atoms with E-state index < -0.39 is 26.7 Å². The molecule has 0 spiro atoms. The molecule has 1 aromatic carbocycles. The van der Waals surface area contributed by atoms with Crippen LogP contribution in [-0.4, -0.2) is 59.3 Å². The fraction of sp³-hybridized carbons (Fsp3) is 0.524. The fourth-order valence-electron chi connectivity index (χ4n) is 4.54. The third-order valence-corrected chi connectivity index (χ3v) is 8.29. The fourth-order valence-corrected chi connectivity index (χ4v) is 6.22. The largest absolute Gasteiger partial charge is 0.417 e. The Morgan fingerprint density at radius 2 is 1.66 bits per heavy atom. The molecule has 0 atom stereocenters. The Labute approximate surface area is 184 Å². The third kappa shape index (κ3) is 4.54. The Balaban J connectivity index is 1.37. The molecule has 0 radical (unpaired) electrons. The van der Waals surface area contributed by atoms with Gasteiger partial charge in [-0.3, -0.25) is 4.79 Å². The van der Waals surface area contributed by atoms with E-state index in [4.69, 9.17) is 0 Å². The molecular formula is C21H25F3N4O3S. The van der Waals surface area contributed by atoms with Crippen LogP contribution in [0.25, 0.3) is 0 Å². The summed E-state index contributed by atoms with van der Waals surface area (Å²) in [4.78, 5) is 18.1. The zero-order valence-corrected chi connectivity index (χ0v) is 18.2. The maximum absolute atomic E-state index is 13.3. The minimum atomic E-state index is -4.76. The molecule has 174 valence electrons. The van der Waals surface area contributed by atoms with E-state index in [0.29, 0.717) is 32.0 Å². The summed E-state index contributed by atoms with van der Waals surface area (Å²) >= 11 is 0. The normalized spacial score (nSPS) is 19.9. The molecule has 2 saturated heterocycles. The smallest absolute Gasteiger partial charge is 0.342 e. The van der Waals surface area contributed by atoms with E-state index in [0.717, 1.165) is 29.3 Å². The van der Waals surface area contributed by atoms with Crippen LogP contribution < -0.4 is 0 Å². The van der Waals surface area contributed by atoms with Crippen molar-refractivity contribution in [3.8, 4) is 0 Å². The number of likely N-dealkylation sites (tertiary alicyclic amines) is 1. The number of nitrogens with zero attached hydrogens (tertiary/aromatic N) is 4. The van der Waals surface area contributed by atoms with Gasteiger partial charge in [0.05, 0.1) is 16.8 Å². The van der Waals surface area contributed by atoms with Crippen LogP contribution in [0.4, 0.5) is 13.2 Å². The highest BCUT2D eigenvalue weighted by molar-refractivity contribution is 7.89. The first-order valence-corrected chi connectivity index (χ1v) is 12.0. The van der Waals surface area contributed by atoms with Gasteiger partial charge < -0.3 is 9.47 Å². The first-order chi connectivity index (χ1) is 15.2. The first-order valence-electron chi connectivity index (χ1n) is 10.6. The second kappa shape index (κ2) is 8.86. The number of carbonyl (C=O) groups excluding carboxylic acids is 1. The van der Waals surface area contributed by atoms with E-state index >= 15 is 0 Å². The highest BCUT2D eigenvalue weighted by Gasteiger charge is 2.40. The summed E-state index contributed by atoms with van der Waals surface area (Å²) in [7, 11) is -4.30. The topological polar surface area (TPSA) is 75.5 Å². The van der Waals surface area contributed by atoms with Crippen molar-refractivity contribution in [1.82, 2.24) is 18.8 Å². The van der Waals surface area contributed by atoms with E-state index in [-0.39, 0.29) is 24.9 Å². The molecule has 3 heterocycles. The molecule has 32 heavy (non-hydrogen) atoms. The van der Waals surface area contributed by atoms with Crippen LogP contribution in [0.2, 0.25) is 0 Å². The molecule has 0 N–H and O–H groups in total. The monoisotopic (exact) mass is 470 g/mol. The Morgan fingerprint density at radius 1 is 1.00 bits per heavy atom. The van der Waals surface area contributed by atoms with Gasteiger partial charge in [-0.05, 0) is 37.8 Å². The van der Waals surface area contributed by atoms with Gasteiger partial charge in [0.25, 0.3) is 0 Å². The minimum Gasteiger partial charge on any atom is -0.342 e. The van der Waals surface area contributed by atoms with Crippen molar-refractivity contribution in [3.05, 3.63) is 48.5 Å². The van der Waals surface area contributed by atoms with Crippen LogP contribution >= 0.6 is 0 Å². The lowest BCUT2D eigenvalue weighted by Crippen LogP contribution is -2.46.